The van der Waals surface area contributed by atoms with E-state index < -0.39 is 18.0 Å². The minimum Gasteiger partial charge on any atom is -0.497 e. The van der Waals surface area contributed by atoms with Crippen molar-refractivity contribution in [3.8, 4) is 5.75 Å². The largest absolute Gasteiger partial charge is 0.497 e. The van der Waals surface area contributed by atoms with Gasteiger partial charge < -0.3 is 25.1 Å². The average Bonchev–Trinajstić information content (AvgIpc) is 3.50. The van der Waals surface area contributed by atoms with Gasteiger partial charge in [-0.25, -0.2) is 0 Å². The van der Waals surface area contributed by atoms with Crippen molar-refractivity contribution < 1.29 is 28.3 Å². The van der Waals surface area contributed by atoms with Crippen LogP contribution in [-0.2, 0) is 20.9 Å². The Morgan fingerprint density at radius 1 is 0.952 bits per heavy atom. The van der Waals surface area contributed by atoms with Gasteiger partial charge in [0.15, 0.2) is 5.78 Å². The first-order valence-corrected chi connectivity index (χ1v) is 14.6. The highest BCUT2D eigenvalue weighted by Gasteiger charge is 2.33. The number of amides is 3. The van der Waals surface area contributed by atoms with Crippen LogP contribution in [0.1, 0.15) is 81.0 Å². The number of ketones is 1. The van der Waals surface area contributed by atoms with E-state index in [0.29, 0.717) is 29.9 Å². The maximum Gasteiger partial charge on any atom is 0.243 e. The van der Waals surface area contributed by atoms with Crippen LogP contribution in [-0.4, -0.2) is 42.7 Å². The Hall–Kier alpha value is -4.14. The number of nitrogens with one attached hydrogen (secondary N) is 3. The number of furan rings is 1. The number of rotatable bonds is 13. The van der Waals surface area contributed by atoms with E-state index in [1.54, 1.807) is 31.6 Å². The number of Topliss-reactive ketones (excluding diaryl/α,β-unsaturated/α-hetero) is 1. The van der Waals surface area contributed by atoms with Gasteiger partial charge in [-0.3, -0.25) is 19.2 Å². The van der Waals surface area contributed by atoms with Crippen LogP contribution in [0.4, 0.5) is 0 Å². The molecule has 0 bridgehead atoms. The van der Waals surface area contributed by atoms with Crippen molar-refractivity contribution in [2.45, 2.75) is 77.9 Å². The molecule has 1 unspecified atom stereocenters. The van der Waals surface area contributed by atoms with Crippen molar-refractivity contribution in [2.24, 2.45) is 11.8 Å². The van der Waals surface area contributed by atoms with Gasteiger partial charge in [0, 0.05) is 35.1 Å². The van der Waals surface area contributed by atoms with Crippen LogP contribution < -0.4 is 20.7 Å². The summed E-state index contributed by atoms with van der Waals surface area (Å²) in [4.78, 5) is 52.4. The third kappa shape index (κ3) is 7.57. The van der Waals surface area contributed by atoms with Crippen LogP contribution >= 0.6 is 0 Å². The molecule has 42 heavy (non-hydrogen) atoms. The molecule has 9 nitrogen and oxygen atoms in total. The first-order valence-electron chi connectivity index (χ1n) is 14.6. The molecule has 9 heteroatoms. The Labute approximate surface area is 246 Å². The molecule has 0 aliphatic heterocycles. The molecule has 3 aromatic rings. The molecular formula is C33H41N3O6. The maximum absolute atomic E-state index is 13.5. The first kappa shape index (κ1) is 30.8. The zero-order chi connectivity index (χ0) is 30.4. The lowest BCUT2D eigenvalue weighted by molar-refractivity contribution is -0.132. The molecule has 224 valence electrons. The fourth-order valence-corrected chi connectivity index (χ4v) is 5.52. The zero-order valence-corrected chi connectivity index (χ0v) is 25.0. The minimum absolute atomic E-state index is 0.00740. The summed E-state index contributed by atoms with van der Waals surface area (Å²) < 4.78 is 11.0. The molecule has 1 aromatic heterocycles. The summed E-state index contributed by atoms with van der Waals surface area (Å²) in [7, 11) is 1.56. The van der Waals surface area contributed by atoms with Gasteiger partial charge in [-0.2, -0.15) is 0 Å². The summed E-state index contributed by atoms with van der Waals surface area (Å²) in [5.41, 5.74) is 1.40. The van der Waals surface area contributed by atoms with Crippen LogP contribution in [0.2, 0.25) is 0 Å². The summed E-state index contributed by atoms with van der Waals surface area (Å²) in [5.74, 6) is 0.175. The second kappa shape index (κ2) is 13.7. The van der Waals surface area contributed by atoms with E-state index in [-0.39, 0.29) is 54.7 Å². The van der Waals surface area contributed by atoms with Crippen molar-refractivity contribution in [3.63, 3.8) is 0 Å². The van der Waals surface area contributed by atoms with Crippen molar-refractivity contribution in [3.05, 3.63) is 65.6 Å². The van der Waals surface area contributed by atoms with E-state index in [0.717, 1.165) is 16.3 Å². The van der Waals surface area contributed by atoms with E-state index in [2.05, 4.69) is 16.0 Å². The highest BCUT2D eigenvalue weighted by atomic mass is 16.5. The number of benzene rings is 2. The highest BCUT2D eigenvalue weighted by Crippen LogP contribution is 2.37. The van der Waals surface area contributed by atoms with Gasteiger partial charge in [0.25, 0.3) is 0 Å². The van der Waals surface area contributed by atoms with Gasteiger partial charge in [-0.1, -0.05) is 52.0 Å². The van der Waals surface area contributed by atoms with E-state index in [9.17, 15) is 19.2 Å². The molecule has 1 aliphatic carbocycles. The van der Waals surface area contributed by atoms with E-state index in [1.807, 2.05) is 52.0 Å². The summed E-state index contributed by atoms with van der Waals surface area (Å²) in [5, 5.41) is 10.5. The molecule has 3 N–H and O–H groups in total. The van der Waals surface area contributed by atoms with Crippen molar-refractivity contribution in [1.82, 2.24) is 16.0 Å². The third-order valence-electron chi connectivity index (χ3n) is 7.57. The minimum atomic E-state index is -0.823. The van der Waals surface area contributed by atoms with Crippen molar-refractivity contribution in [1.29, 1.82) is 0 Å². The predicted octanol–water partition coefficient (Wildman–Crippen LogP) is 4.88. The van der Waals surface area contributed by atoms with E-state index >= 15 is 0 Å². The van der Waals surface area contributed by atoms with Gasteiger partial charge in [-0.15, -0.1) is 0 Å². The Morgan fingerprint density at radius 3 is 2.33 bits per heavy atom. The van der Waals surface area contributed by atoms with Gasteiger partial charge in [0.05, 0.1) is 19.9 Å². The molecule has 1 aliphatic rings. The number of fused-ring (bicyclic) bond motifs is 2. The van der Waals surface area contributed by atoms with Crippen LogP contribution in [0, 0.1) is 11.8 Å². The van der Waals surface area contributed by atoms with Gasteiger partial charge >= 0.3 is 0 Å². The number of hydrogen-bond donors (Lipinski definition) is 3. The van der Waals surface area contributed by atoms with Gasteiger partial charge in [0.2, 0.25) is 17.7 Å². The van der Waals surface area contributed by atoms with Crippen molar-refractivity contribution in [2.75, 3.05) is 7.11 Å². The highest BCUT2D eigenvalue weighted by molar-refractivity contribution is 6.02. The van der Waals surface area contributed by atoms with Crippen LogP contribution in [0.3, 0.4) is 0 Å². The second-order valence-corrected chi connectivity index (χ2v) is 11.9. The Balaban J connectivity index is 1.41. The zero-order valence-electron chi connectivity index (χ0n) is 25.0. The Kier molecular flexibility index (Phi) is 10.0. The summed E-state index contributed by atoms with van der Waals surface area (Å²) in [6.45, 7) is 8.09. The summed E-state index contributed by atoms with van der Waals surface area (Å²) >= 11 is 0. The fourth-order valence-electron chi connectivity index (χ4n) is 5.52. The quantitative estimate of drug-likeness (QED) is 0.267. The Bertz CT molecular complexity index is 1440. The summed E-state index contributed by atoms with van der Waals surface area (Å²) in [6.07, 6.45) is 2.79. The molecule has 3 atom stereocenters. The fraction of sp³-hybridized carbons (Fsp3) is 0.455. The standard InChI is InChI=1S/C33H41N3O6/c1-19(2)12-27(32(39)34-17-30-24-9-7-6-8-21(24)18-42-30)36-33(40)28(13-20(3)4)35-31(38)15-22-14-29(37)25-11-10-23(41-5)16-26(22)25/h6-11,16,18-20,22,27-28H,12-15,17H2,1-5H3,(H,34,39)(H,35,38)(H,36,40)/t22?,27-,28+/m1/s1. The SMILES string of the molecule is COc1ccc2c(c1)C(CC(=O)N[C@@H](CC(C)C)C(=O)N[C@H](CC(C)C)C(=O)NCc1occ3ccccc13)CC2=O. The van der Waals surface area contributed by atoms with Crippen molar-refractivity contribution >= 4 is 34.3 Å². The van der Waals surface area contributed by atoms with E-state index in [4.69, 9.17) is 9.15 Å². The summed E-state index contributed by atoms with van der Waals surface area (Å²) in [6, 6.07) is 11.4. The van der Waals surface area contributed by atoms with Crippen LogP contribution in [0.5, 0.6) is 5.75 Å². The number of carbonyl (C=O) groups excluding carboxylic acids is 4. The first-order chi connectivity index (χ1) is 20.0. The molecule has 2 aromatic carbocycles. The predicted molar refractivity (Wildman–Crippen MR) is 160 cm³/mol. The van der Waals surface area contributed by atoms with E-state index in [1.165, 1.54) is 0 Å². The number of ether oxygens (including phenoxy) is 1. The molecule has 0 saturated carbocycles. The lowest BCUT2D eigenvalue weighted by Crippen LogP contribution is -2.54. The second-order valence-electron chi connectivity index (χ2n) is 11.9. The lowest BCUT2D eigenvalue weighted by atomic mass is 9.96. The van der Waals surface area contributed by atoms with Gasteiger partial charge in [-0.05, 0) is 48.4 Å². The molecule has 0 spiro atoms. The molecule has 0 saturated heterocycles. The molecule has 0 fully saturated rings. The topological polar surface area (TPSA) is 127 Å². The molecule has 3 amide bonds. The number of hydrogen-bond acceptors (Lipinski definition) is 6. The number of methoxy groups -OCH3 is 1. The molecule has 1 heterocycles. The van der Waals surface area contributed by atoms with Gasteiger partial charge in [0.1, 0.15) is 23.6 Å². The van der Waals surface area contributed by atoms with Crippen LogP contribution in [0.25, 0.3) is 10.8 Å². The monoisotopic (exact) mass is 575 g/mol. The Morgan fingerprint density at radius 2 is 1.64 bits per heavy atom. The number of carbonyl (C=O) groups is 4. The maximum atomic E-state index is 13.5. The van der Waals surface area contributed by atoms with Crippen LogP contribution in [0.15, 0.2) is 53.1 Å². The molecule has 0 radical (unpaired) electrons. The third-order valence-corrected chi connectivity index (χ3v) is 7.57. The average molecular weight is 576 g/mol. The smallest absolute Gasteiger partial charge is 0.243 e. The molecule has 4 rings (SSSR count). The molecular weight excluding hydrogens is 534 g/mol. The normalized spacial score (nSPS) is 15.9. The lowest BCUT2D eigenvalue weighted by Gasteiger charge is -2.25.